The van der Waals surface area contributed by atoms with Crippen molar-refractivity contribution >= 4 is 22.7 Å². The van der Waals surface area contributed by atoms with Gasteiger partial charge in [0.1, 0.15) is 28.9 Å². The number of rotatable bonds is 7. The highest BCUT2D eigenvalue weighted by Gasteiger charge is 2.24. The Balaban J connectivity index is 1.80. The fourth-order valence-corrected chi connectivity index (χ4v) is 4.66. The van der Waals surface area contributed by atoms with Gasteiger partial charge >= 0.3 is 0 Å². The minimum atomic E-state index is -2.82. The summed E-state index contributed by atoms with van der Waals surface area (Å²) in [6.07, 6.45) is 1.57. The first-order valence-corrected chi connectivity index (χ1v) is 12.4. The number of benzene rings is 3. The zero-order valence-corrected chi connectivity index (χ0v) is 21.2. The Kier molecular flexibility index (Phi) is 7.59. The van der Waals surface area contributed by atoms with Gasteiger partial charge in [0.15, 0.2) is 0 Å². The van der Waals surface area contributed by atoms with E-state index >= 15 is 4.39 Å². The average Bonchev–Trinajstić information content (AvgIpc) is 3.24. The molecule has 1 heterocycles. The Hall–Kier alpha value is -3.02. The summed E-state index contributed by atoms with van der Waals surface area (Å²) in [5.41, 5.74) is -0.585. The fraction of sp³-hybridized carbons (Fsp3) is 0.192. The summed E-state index contributed by atoms with van der Waals surface area (Å²) in [5.74, 6) is -1.87. The Bertz CT molecular complexity index is 1520. The number of aromatic nitrogens is 2. The molecule has 194 valence electrons. The second-order valence-electron chi connectivity index (χ2n) is 8.88. The summed E-state index contributed by atoms with van der Waals surface area (Å²) in [6, 6.07) is 10.0. The van der Waals surface area contributed by atoms with Crippen LogP contribution >= 0.6 is 11.6 Å². The van der Waals surface area contributed by atoms with Crippen LogP contribution in [-0.2, 0) is 29.7 Å². The number of hydrogen-bond donors (Lipinski definition) is 2. The molecule has 0 saturated heterocycles. The third-order valence-electron chi connectivity index (χ3n) is 5.80. The first kappa shape index (κ1) is 27.0. The second-order valence-corrected chi connectivity index (χ2v) is 10.2. The summed E-state index contributed by atoms with van der Waals surface area (Å²) in [5, 5.41) is 20.0. The lowest BCUT2D eigenvalue weighted by molar-refractivity contribution is 0.0741. The van der Waals surface area contributed by atoms with E-state index in [9.17, 15) is 27.8 Å². The first-order valence-electron chi connectivity index (χ1n) is 11.0. The van der Waals surface area contributed by atoms with Gasteiger partial charge in [-0.05, 0) is 78.0 Å². The van der Waals surface area contributed by atoms with Crippen LogP contribution in [0.25, 0.3) is 16.8 Å². The molecule has 37 heavy (non-hydrogen) atoms. The molecule has 0 radical (unpaired) electrons. The molecule has 0 spiro atoms. The molecule has 1 unspecified atom stereocenters. The number of hydrogen-bond acceptors (Lipinski definition) is 5. The van der Waals surface area contributed by atoms with Crippen molar-refractivity contribution < 1.29 is 32.1 Å². The van der Waals surface area contributed by atoms with Gasteiger partial charge in [-0.25, -0.2) is 18.2 Å². The molecule has 6 nitrogen and oxygen atoms in total. The van der Waals surface area contributed by atoms with Crippen molar-refractivity contribution in [2.24, 2.45) is 0 Å². The molecule has 0 aliphatic carbocycles. The van der Waals surface area contributed by atoms with Crippen molar-refractivity contribution in [1.29, 1.82) is 0 Å². The maximum absolute atomic E-state index is 15.4. The predicted molar refractivity (Wildman–Crippen MR) is 131 cm³/mol. The van der Waals surface area contributed by atoms with Crippen LogP contribution in [0.5, 0.6) is 0 Å². The Morgan fingerprint density at radius 3 is 2.35 bits per heavy atom. The number of nitrogens with zero attached hydrogens (tertiary/aromatic N) is 2. The highest BCUT2D eigenvalue weighted by molar-refractivity contribution is 7.79. The van der Waals surface area contributed by atoms with Crippen molar-refractivity contribution in [3.8, 4) is 16.8 Å². The quantitative estimate of drug-likeness (QED) is 0.310. The van der Waals surface area contributed by atoms with Crippen molar-refractivity contribution in [3.05, 3.63) is 99.8 Å². The number of aliphatic hydroxyl groups excluding tert-OH is 1. The number of imidazole rings is 1. The van der Waals surface area contributed by atoms with E-state index in [1.165, 1.54) is 48.9 Å². The van der Waals surface area contributed by atoms with E-state index in [1.54, 1.807) is 0 Å². The number of aliphatic hydroxyl groups is 2. The summed E-state index contributed by atoms with van der Waals surface area (Å²) in [6.45, 7) is 2.24. The maximum atomic E-state index is 15.4. The van der Waals surface area contributed by atoms with E-state index in [4.69, 9.17) is 11.6 Å². The molecule has 0 amide bonds. The van der Waals surface area contributed by atoms with E-state index in [0.717, 1.165) is 24.3 Å². The molecule has 0 aliphatic rings. The van der Waals surface area contributed by atoms with E-state index in [0.29, 0.717) is 11.4 Å². The molecule has 3 aromatic carbocycles. The predicted octanol–water partition coefficient (Wildman–Crippen LogP) is 5.16. The first-order chi connectivity index (χ1) is 17.4. The van der Waals surface area contributed by atoms with Crippen LogP contribution in [0, 0.1) is 17.5 Å². The van der Waals surface area contributed by atoms with E-state index in [1.807, 2.05) is 0 Å². The molecular weight excluding hydrogens is 529 g/mol. The van der Waals surface area contributed by atoms with Crippen LogP contribution in [-0.4, -0.2) is 28.5 Å². The molecule has 1 aromatic heterocycles. The summed E-state index contributed by atoms with van der Waals surface area (Å²) < 4.78 is 67.9. The monoisotopic (exact) mass is 549 g/mol. The van der Waals surface area contributed by atoms with Gasteiger partial charge in [-0.2, -0.15) is 0 Å². The Morgan fingerprint density at radius 1 is 1.05 bits per heavy atom. The van der Waals surface area contributed by atoms with Crippen LogP contribution in [0.2, 0.25) is 5.02 Å². The largest absolute Gasteiger partial charge is 0.768 e. The van der Waals surface area contributed by atoms with Crippen LogP contribution < -0.4 is 0 Å². The van der Waals surface area contributed by atoms with Crippen LogP contribution in [0.3, 0.4) is 0 Å². The van der Waals surface area contributed by atoms with Crippen LogP contribution in [0.15, 0.2) is 59.6 Å². The molecular formula is C26H21ClF3N2O4S-. The molecule has 4 aromatic rings. The van der Waals surface area contributed by atoms with Gasteiger partial charge in [0.2, 0.25) is 0 Å². The second kappa shape index (κ2) is 10.4. The van der Waals surface area contributed by atoms with Crippen molar-refractivity contribution in [1.82, 2.24) is 9.55 Å². The van der Waals surface area contributed by atoms with E-state index in [-0.39, 0.29) is 39.5 Å². The van der Waals surface area contributed by atoms with Gasteiger partial charge in [0.25, 0.3) is 0 Å². The molecule has 11 heteroatoms. The van der Waals surface area contributed by atoms with Crippen LogP contribution in [0.4, 0.5) is 13.2 Å². The lowest BCUT2D eigenvalue weighted by Crippen LogP contribution is -2.16. The summed E-state index contributed by atoms with van der Waals surface area (Å²) in [7, 11) is 0. The highest BCUT2D eigenvalue weighted by Crippen LogP contribution is 2.31. The van der Waals surface area contributed by atoms with Gasteiger partial charge in [0.05, 0.1) is 18.0 Å². The zero-order valence-electron chi connectivity index (χ0n) is 19.6. The third-order valence-corrected chi connectivity index (χ3v) is 6.88. The Morgan fingerprint density at radius 2 is 1.76 bits per heavy atom. The van der Waals surface area contributed by atoms with Gasteiger partial charge < -0.3 is 19.3 Å². The van der Waals surface area contributed by atoms with Gasteiger partial charge in [-0.1, -0.05) is 23.7 Å². The number of halogens is 4. The molecule has 0 saturated carbocycles. The van der Waals surface area contributed by atoms with E-state index in [2.05, 4.69) is 4.98 Å². The van der Waals surface area contributed by atoms with Crippen molar-refractivity contribution in [2.45, 2.75) is 37.4 Å². The molecule has 0 bridgehead atoms. The van der Waals surface area contributed by atoms with Gasteiger partial charge in [-0.3, -0.25) is 4.21 Å². The molecule has 1 atom stereocenters. The minimum Gasteiger partial charge on any atom is -0.768 e. The average molecular weight is 550 g/mol. The standard InChI is InChI=1S/C26H22ClF3N2O4S/c1-26(2,34)24-12-32(25(31-24)10-15-3-5-17(28)11-19(15)27)22-6-4-14(7-21(22)30)16-8-20(29)18(13-33)23(9-16)37(35)36/h3-9,11-12,33-34H,10,13H2,1-2H3,(H,35,36)/p-1. The molecule has 4 rings (SSSR count). The summed E-state index contributed by atoms with van der Waals surface area (Å²) in [4.78, 5) is 4.03. The third kappa shape index (κ3) is 5.63. The molecule has 0 aliphatic heterocycles. The normalized spacial score (nSPS) is 12.7. The fourth-order valence-electron chi connectivity index (χ4n) is 3.84. The highest BCUT2D eigenvalue weighted by atomic mass is 35.5. The minimum absolute atomic E-state index is 0.0556. The smallest absolute Gasteiger partial charge is 0.147 e. The summed E-state index contributed by atoms with van der Waals surface area (Å²) >= 11 is 3.35. The lowest BCUT2D eigenvalue weighted by Gasteiger charge is -2.15. The van der Waals surface area contributed by atoms with E-state index < -0.39 is 45.6 Å². The van der Waals surface area contributed by atoms with Crippen LogP contribution in [0.1, 0.15) is 36.5 Å². The zero-order chi connectivity index (χ0) is 27.1. The van der Waals surface area contributed by atoms with Gasteiger partial charge in [-0.15, -0.1) is 0 Å². The molecule has 2 N–H and O–H groups in total. The maximum Gasteiger partial charge on any atom is 0.147 e. The Labute approximate surface area is 218 Å². The topological polar surface area (TPSA) is 98.4 Å². The van der Waals surface area contributed by atoms with Crippen molar-refractivity contribution in [2.75, 3.05) is 0 Å². The SMILES string of the molecule is CC(C)(O)c1cn(-c2ccc(-c3cc(F)c(CO)c(S(=O)[O-])c3)cc2F)c(Cc2ccc(F)cc2Cl)n1. The van der Waals surface area contributed by atoms with Crippen molar-refractivity contribution in [3.63, 3.8) is 0 Å². The molecule has 0 fully saturated rings. The lowest BCUT2D eigenvalue weighted by atomic mass is 10.0. The van der Waals surface area contributed by atoms with Gasteiger partial charge in [0, 0.05) is 28.1 Å².